The first-order chi connectivity index (χ1) is 6.53. The number of hydrogen-bond donors (Lipinski definition) is 2. The Balaban J connectivity index is 2.37. The zero-order valence-electron chi connectivity index (χ0n) is 8.42. The SMILES string of the molecule is Cc1[nH]c(C2(C)CCC2)nc1C(=O)O. The molecule has 0 atom stereocenters. The number of carbonyl (C=O) groups is 1. The molecule has 14 heavy (non-hydrogen) atoms. The molecule has 0 amide bonds. The second-order valence-electron chi connectivity index (χ2n) is 4.28. The Kier molecular flexibility index (Phi) is 1.87. The van der Waals surface area contributed by atoms with Gasteiger partial charge in [-0.25, -0.2) is 9.78 Å². The average Bonchev–Trinajstić information content (AvgIpc) is 2.43. The van der Waals surface area contributed by atoms with Gasteiger partial charge in [0.2, 0.25) is 0 Å². The van der Waals surface area contributed by atoms with E-state index in [1.807, 2.05) is 0 Å². The molecule has 0 aliphatic heterocycles. The van der Waals surface area contributed by atoms with Crippen molar-refractivity contribution in [3.8, 4) is 0 Å². The summed E-state index contributed by atoms with van der Waals surface area (Å²) >= 11 is 0. The fourth-order valence-electron chi connectivity index (χ4n) is 1.90. The molecule has 1 heterocycles. The number of nitrogens with zero attached hydrogens (tertiary/aromatic N) is 1. The maximum absolute atomic E-state index is 10.8. The molecule has 0 radical (unpaired) electrons. The van der Waals surface area contributed by atoms with Gasteiger partial charge in [-0.2, -0.15) is 0 Å². The summed E-state index contributed by atoms with van der Waals surface area (Å²) in [4.78, 5) is 18.0. The van der Waals surface area contributed by atoms with Gasteiger partial charge >= 0.3 is 5.97 Å². The summed E-state index contributed by atoms with van der Waals surface area (Å²) in [6, 6.07) is 0. The summed E-state index contributed by atoms with van der Waals surface area (Å²) in [5.41, 5.74) is 0.895. The minimum atomic E-state index is -0.951. The van der Waals surface area contributed by atoms with Crippen LogP contribution in [0.15, 0.2) is 0 Å². The van der Waals surface area contributed by atoms with Crippen molar-refractivity contribution < 1.29 is 9.90 Å². The predicted octanol–water partition coefficient (Wildman–Crippen LogP) is 1.86. The molecular weight excluding hydrogens is 180 g/mol. The Bertz CT molecular complexity index is 377. The molecule has 0 saturated heterocycles. The van der Waals surface area contributed by atoms with Gasteiger partial charge in [-0.3, -0.25) is 0 Å². The van der Waals surface area contributed by atoms with Crippen LogP contribution in [0.25, 0.3) is 0 Å². The topological polar surface area (TPSA) is 66.0 Å². The number of carboxylic acids is 1. The van der Waals surface area contributed by atoms with Crippen LogP contribution in [0.5, 0.6) is 0 Å². The van der Waals surface area contributed by atoms with Crippen LogP contribution in [0, 0.1) is 6.92 Å². The molecule has 4 heteroatoms. The Hall–Kier alpha value is -1.32. The van der Waals surface area contributed by atoms with E-state index in [0.717, 1.165) is 18.7 Å². The maximum atomic E-state index is 10.8. The highest BCUT2D eigenvalue weighted by Gasteiger charge is 2.37. The van der Waals surface area contributed by atoms with E-state index >= 15 is 0 Å². The number of H-pyrrole nitrogens is 1. The van der Waals surface area contributed by atoms with Gasteiger partial charge in [0, 0.05) is 11.1 Å². The fraction of sp³-hybridized carbons (Fsp3) is 0.600. The highest BCUT2D eigenvalue weighted by atomic mass is 16.4. The zero-order valence-corrected chi connectivity index (χ0v) is 8.42. The second-order valence-corrected chi connectivity index (χ2v) is 4.28. The monoisotopic (exact) mass is 194 g/mol. The van der Waals surface area contributed by atoms with E-state index in [2.05, 4.69) is 16.9 Å². The molecule has 0 bridgehead atoms. The third-order valence-electron chi connectivity index (χ3n) is 3.12. The minimum absolute atomic E-state index is 0.0818. The zero-order chi connectivity index (χ0) is 10.3. The van der Waals surface area contributed by atoms with E-state index in [9.17, 15) is 4.79 Å². The van der Waals surface area contributed by atoms with Gasteiger partial charge < -0.3 is 10.1 Å². The summed E-state index contributed by atoms with van der Waals surface area (Å²) in [7, 11) is 0. The van der Waals surface area contributed by atoms with Gasteiger partial charge in [0.15, 0.2) is 5.69 Å². The van der Waals surface area contributed by atoms with Crippen molar-refractivity contribution in [2.45, 2.75) is 38.5 Å². The van der Waals surface area contributed by atoms with Gasteiger partial charge in [-0.05, 0) is 19.8 Å². The summed E-state index contributed by atoms with van der Waals surface area (Å²) in [6.45, 7) is 3.88. The molecule has 0 spiro atoms. The number of aryl methyl sites for hydroxylation is 1. The number of aromatic nitrogens is 2. The summed E-state index contributed by atoms with van der Waals surface area (Å²) < 4.78 is 0. The molecule has 0 aromatic carbocycles. The smallest absolute Gasteiger partial charge is 0.356 e. The Morgan fingerprint density at radius 1 is 1.57 bits per heavy atom. The van der Waals surface area contributed by atoms with Crippen molar-refractivity contribution in [1.82, 2.24) is 9.97 Å². The fourth-order valence-corrected chi connectivity index (χ4v) is 1.90. The molecular formula is C10H14N2O2. The molecule has 2 N–H and O–H groups in total. The van der Waals surface area contributed by atoms with Crippen LogP contribution < -0.4 is 0 Å². The second kappa shape index (κ2) is 2.83. The van der Waals surface area contributed by atoms with E-state index in [-0.39, 0.29) is 11.1 Å². The molecule has 4 nitrogen and oxygen atoms in total. The van der Waals surface area contributed by atoms with Crippen molar-refractivity contribution in [3.63, 3.8) is 0 Å². The van der Waals surface area contributed by atoms with Crippen molar-refractivity contribution in [2.24, 2.45) is 0 Å². The first-order valence-electron chi connectivity index (χ1n) is 4.83. The van der Waals surface area contributed by atoms with E-state index < -0.39 is 5.97 Å². The predicted molar refractivity (Wildman–Crippen MR) is 51.5 cm³/mol. The number of aromatic carboxylic acids is 1. The molecule has 1 saturated carbocycles. The van der Waals surface area contributed by atoms with Crippen LogP contribution in [0.3, 0.4) is 0 Å². The van der Waals surface area contributed by atoms with Gasteiger partial charge in [-0.1, -0.05) is 13.3 Å². The first kappa shape index (κ1) is 9.24. The van der Waals surface area contributed by atoms with Gasteiger partial charge in [-0.15, -0.1) is 0 Å². The molecule has 0 unspecified atom stereocenters. The third-order valence-corrected chi connectivity index (χ3v) is 3.12. The molecule has 1 fully saturated rings. The van der Waals surface area contributed by atoms with Crippen LogP contribution in [-0.4, -0.2) is 21.0 Å². The highest BCUT2D eigenvalue weighted by molar-refractivity contribution is 5.86. The summed E-state index contributed by atoms with van der Waals surface area (Å²) in [5.74, 6) is -0.119. The third kappa shape index (κ3) is 1.22. The lowest BCUT2D eigenvalue weighted by molar-refractivity contribution is 0.0690. The Morgan fingerprint density at radius 2 is 2.21 bits per heavy atom. The van der Waals surface area contributed by atoms with Gasteiger partial charge in [0.25, 0.3) is 0 Å². The largest absolute Gasteiger partial charge is 0.476 e. The highest BCUT2D eigenvalue weighted by Crippen LogP contribution is 2.41. The van der Waals surface area contributed by atoms with Crippen LogP contribution in [0.4, 0.5) is 0 Å². The molecule has 76 valence electrons. The normalized spacial score (nSPS) is 19.0. The van der Waals surface area contributed by atoms with Gasteiger partial charge in [0.1, 0.15) is 5.82 Å². The summed E-state index contributed by atoms with van der Waals surface area (Å²) in [6.07, 6.45) is 3.40. The van der Waals surface area contributed by atoms with Crippen molar-refractivity contribution in [3.05, 3.63) is 17.2 Å². The van der Waals surface area contributed by atoms with E-state index in [4.69, 9.17) is 5.11 Å². The van der Waals surface area contributed by atoms with Crippen molar-refractivity contribution >= 4 is 5.97 Å². The number of aromatic amines is 1. The lowest BCUT2D eigenvalue weighted by Gasteiger charge is -2.36. The van der Waals surface area contributed by atoms with Crippen molar-refractivity contribution in [2.75, 3.05) is 0 Å². The van der Waals surface area contributed by atoms with Crippen LogP contribution in [0.2, 0.25) is 0 Å². The number of carboxylic acid groups (broad SMARTS) is 1. The maximum Gasteiger partial charge on any atom is 0.356 e. The number of imidazole rings is 1. The number of nitrogens with one attached hydrogen (secondary N) is 1. The molecule has 1 aromatic heterocycles. The van der Waals surface area contributed by atoms with E-state index in [1.165, 1.54) is 6.42 Å². The molecule has 1 aliphatic carbocycles. The van der Waals surface area contributed by atoms with Crippen LogP contribution in [0.1, 0.15) is 48.2 Å². The molecule has 1 aromatic rings. The van der Waals surface area contributed by atoms with Crippen LogP contribution in [-0.2, 0) is 5.41 Å². The minimum Gasteiger partial charge on any atom is -0.476 e. The van der Waals surface area contributed by atoms with E-state index in [0.29, 0.717) is 5.69 Å². The van der Waals surface area contributed by atoms with Crippen molar-refractivity contribution in [1.29, 1.82) is 0 Å². The quantitative estimate of drug-likeness (QED) is 0.755. The van der Waals surface area contributed by atoms with Crippen LogP contribution >= 0.6 is 0 Å². The lowest BCUT2D eigenvalue weighted by atomic mass is 9.70. The first-order valence-corrected chi connectivity index (χ1v) is 4.83. The average molecular weight is 194 g/mol. The van der Waals surface area contributed by atoms with E-state index in [1.54, 1.807) is 6.92 Å². The number of hydrogen-bond acceptors (Lipinski definition) is 2. The number of rotatable bonds is 2. The Morgan fingerprint density at radius 3 is 2.57 bits per heavy atom. The summed E-state index contributed by atoms with van der Waals surface area (Å²) in [5, 5.41) is 8.85. The lowest BCUT2D eigenvalue weighted by Crippen LogP contribution is -2.31. The molecule has 2 rings (SSSR count). The van der Waals surface area contributed by atoms with Gasteiger partial charge in [0.05, 0.1) is 0 Å². The molecule has 1 aliphatic rings. The Labute approximate surface area is 82.4 Å². The standard InChI is InChI=1S/C10H14N2O2/c1-6-7(8(13)14)12-9(11-6)10(2)4-3-5-10/h3-5H2,1-2H3,(H,11,12)(H,13,14).